The van der Waals surface area contributed by atoms with Crippen molar-refractivity contribution in [3.63, 3.8) is 0 Å². The molecule has 150 valence electrons. The maximum absolute atomic E-state index is 13.4. The van der Waals surface area contributed by atoms with E-state index in [2.05, 4.69) is 10.2 Å². The number of carbonyl (C=O) groups is 1. The first kappa shape index (κ1) is 19.6. The van der Waals surface area contributed by atoms with Crippen LogP contribution in [0.5, 0.6) is 0 Å². The van der Waals surface area contributed by atoms with E-state index in [0.717, 1.165) is 22.3 Å². The van der Waals surface area contributed by atoms with Crippen molar-refractivity contribution in [3.8, 4) is 11.5 Å². The minimum absolute atomic E-state index is 0.0255. The lowest BCUT2D eigenvalue weighted by Gasteiger charge is -2.23. The SMILES string of the molecule is Cc1ccc(-c2nnc(CN(C)C(=O)C(c3ccccc3)c3ccccc3)o2)cc1. The molecule has 4 aromatic rings. The maximum atomic E-state index is 13.4. The van der Waals surface area contributed by atoms with Gasteiger partial charge in [0.1, 0.15) is 0 Å². The fraction of sp³-hybridized carbons (Fsp3) is 0.160. The second kappa shape index (κ2) is 8.74. The summed E-state index contributed by atoms with van der Waals surface area (Å²) < 4.78 is 5.81. The van der Waals surface area contributed by atoms with Crippen molar-refractivity contribution >= 4 is 5.91 Å². The lowest BCUT2D eigenvalue weighted by atomic mass is 9.90. The van der Waals surface area contributed by atoms with Gasteiger partial charge in [0, 0.05) is 12.6 Å². The van der Waals surface area contributed by atoms with E-state index in [0.29, 0.717) is 11.8 Å². The number of benzene rings is 3. The van der Waals surface area contributed by atoms with E-state index < -0.39 is 5.92 Å². The molecule has 0 radical (unpaired) electrons. The Hall–Kier alpha value is -3.73. The van der Waals surface area contributed by atoms with Gasteiger partial charge < -0.3 is 9.32 Å². The Labute approximate surface area is 176 Å². The van der Waals surface area contributed by atoms with Gasteiger partial charge in [-0.1, -0.05) is 78.4 Å². The first-order valence-corrected chi connectivity index (χ1v) is 9.86. The highest BCUT2D eigenvalue weighted by atomic mass is 16.4. The van der Waals surface area contributed by atoms with Crippen LogP contribution in [0.4, 0.5) is 0 Å². The summed E-state index contributed by atoms with van der Waals surface area (Å²) in [6.07, 6.45) is 0. The van der Waals surface area contributed by atoms with Crippen molar-refractivity contribution in [1.82, 2.24) is 15.1 Å². The Morgan fingerprint density at radius 1 is 0.867 bits per heavy atom. The molecule has 5 nitrogen and oxygen atoms in total. The van der Waals surface area contributed by atoms with Crippen molar-refractivity contribution in [2.24, 2.45) is 0 Å². The second-order valence-electron chi connectivity index (χ2n) is 7.32. The lowest BCUT2D eigenvalue weighted by Crippen LogP contribution is -2.32. The van der Waals surface area contributed by atoms with E-state index in [4.69, 9.17) is 4.42 Å². The van der Waals surface area contributed by atoms with Gasteiger partial charge in [-0.2, -0.15) is 0 Å². The van der Waals surface area contributed by atoms with Crippen LogP contribution in [0, 0.1) is 6.92 Å². The van der Waals surface area contributed by atoms with Crippen LogP contribution in [-0.4, -0.2) is 28.1 Å². The van der Waals surface area contributed by atoms with Crippen molar-refractivity contribution in [2.75, 3.05) is 7.05 Å². The van der Waals surface area contributed by atoms with Gasteiger partial charge in [0.15, 0.2) is 0 Å². The van der Waals surface area contributed by atoms with E-state index in [1.54, 1.807) is 11.9 Å². The molecule has 0 N–H and O–H groups in total. The van der Waals surface area contributed by atoms with Gasteiger partial charge in [-0.05, 0) is 30.2 Å². The first-order valence-electron chi connectivity index (χ1n) is 9.86. The monoisotopic (exact) mass is 397 g/mol. The predicted octanol–water partition coefficient (Wildman–Crippen LogP) is 4.84. The van der Waals surface area contributed by atoms with Crippen molar-refractivity contribution in [2.45, 2.75) is 19.4 Å². The average Bonchev–Trinajstić information content (AvgIpc) is 3.24. The van der Waals surface area contributed by atoms with Gasteiger partial charge in [0.05, 0.1) is 12.5 Å². The van der Waals surface area contributed by atoms with Crippen LogP contribution in [0.25, 0.3) is 11.5 Å². The summed E-state index contributed by atoms with van der Waals surface area (Å²) in [5.74, 6) is 0.439. The number of aromatic nitrogens is 2. The molecule has 0 bridgehead atoms. The van der Waals surface area contributed by atoms with Gasteiger partial charge in [-0.3, -0.25) is 4.79 Å². The summed E-state index contributed by atoms with van der Waals surface area (Å²) in [4.78, 5) is 15.0. The molecule has 0 aliphatic rings. The number of hydrogen-bond acceptors (Lipinski definition) is 4. The molecule has 1 amide bonds. The topological polar surface area (TPSA) is 59.2 Å². The molecular weight excluding hydrogens is 374 g/mol. The minimum atomic E-state index is -0.392. The predicted molar refractivity (Wildman–Crippen MR) is 116 cm³/mol. The van der Waals surface area contributed by atoms with Crippen LogP contribution in [0.2, 0.25) is 0 Å². The van der Waals surface area contributed by atoms with Crippen LogP contribution in [-0.2, 0) is 11.3 Å². The highest BCUT2D eigenvalue weighted by Crippen LogP contribution is 2.27. The third kappa shape index (κ3) is 4.30. The molecule has 4 rings (SSSR count). The van der Waals surface area contributed by atoms with Crippen LogP contribution in [0.1, 0.15) is 28.5 Å². The summed E-state index contributed by atoms with van der Waals surface area (Å²) in [6.45, 7) is 2.27. The van der Waals surface area contributed by atoms with Crippen LogP contribution in [0.15, 0.2) is 89.3 Å². The number of nitrogens with zero attached hydrogens (tertiary/aromatic N) is 3. The molecule has 0 atom stereocenters. The summed E-state index contributed by atoms with van der Waals surface area (Å²) >= 11 is 0. The number of carbonyl (C=O) groups excluding carboxylic acids is 1. The van der Waals surface area contributed by atoms with Crippen molar-refractivity contribution in [1.29, 1.82) is 0 Å². The number of hydrogen-bond donors (Lipinski definition) is 0. The fourth-order valence-corrected chi connectivity index (χ4v) is 3.40. The van der Waals surface area contributed by atoms with Gasteiger partial charge in [0.25, 0.3) is 0 Å². The highest BCUT2D eigenvalue weighted by molar-refractivity contribution is 5.87. The normalized spacial score (nSPS) is 10.9. The van der Waals surface area contributed by atoms with Gasteiger partial charge in [-0.25, -0.2) is 0 Å². The standard InChI is InChI=1S/C25H23N3O2/c1-18-13-15-21(16-14-18)24-27-26-22(30-24)17-28(2)25(29)23(19-9-5-3-6-10-19)20-11-7-4-8-12-20/h3-16,23H,17H2,1-2H3. The summed E-state index contributed by atoms with van der Waals surface area (Å²) in [5.41, 5.74) is 3.93. The quantitative estimate of drug-likeness (QED) is 0.467. The molecule has 0 spiro atoms. The summed E-state index contributed by atoms with van der Waals surface area (Å²) in [7, 11) is 1.76. The van der Waals surface area contributed by atoms with E-state index in [1.807, 2.05) is 91.9 Å². The number of rotatable bonds is 6. The molecular formula is C25H23N3O2. The number of likely N-dealkylation sites (N-methyl/N-ethyl adjacent to an activating group) is 1. The Kier molecular flexibility index (Phi) is 5.70. The van der Waals surface area contributed by atoms with E-state index in [-0.39, 0.29) is 12.5 Å². The molecule has 1 heterocycles. The van der Waals surface area contributed by atoms with Crippen LogP contribution < -0.4 is 0 Å². The zero-order chi connectivity index (χ0) is 20.9. The molecule has 5 heteroatoms. The molecule has 0 aliphatic heterocycles. The molecule has 0 fully saturated rings. The highest BCUT2D eigenvalue weighted by Gasteiger charge is 2.26. The molecule has 1 aromatic heterocycles. The maximum Gasteiger partial charge on any atom is 0.247 e. The minimum Gasteiger partial charge on any atom is -0.419 e. The second-order valence-corrected chi connectivity index (χ2v) is 7.32. The number of aryl methyl sites for hydroxylation is 1. The zero-order valence-electron chi connectivity index (χ0n) is 17.0. The summed E-state index contributed by atoms with van der Waals surface area (Å²) in [5, 5.41) is 8.27. The molecule has 0 saturated heterocycles. The van der Waals surface area contributed by atoms with E-state index >= 15 is 0 Å². The van der Waals surface area contributed by atoms with Crippen LogP contribution >= 0.6 is 0 Å². The van der Waals surface area contributed by atoms with Gasteiger partial charge in [-0.15, -0.1) is 10.2 Å². The zero-order valence-corrected chi connectivity index (χ0v) is 17.0. The third-order valence-corrected chi connectivity index (χ3v) is 5.03. The van der Waals surface area contributed by atoms with Gasteiger partial charge in [0.2, 0.25) is 17.7 Å². The molecule has 0 saturated carbocycles. The Morgan fingerprint density at radius 3 is 2.00 bits per heavy atom. The van der Waals surface area contributed by atoms with E-state index in [9.17, 15) is 4.79 Å². The van der Waals surface area contributed by atoms with Crippen molar-refractivity contribution < 1.29 is 9.21 Å². The smallest absolute Gasteiger partial charge is 0.247 e. The number of amides is 1. The van der Waals surface area contributed by atoms with Gasteiger partial charge >= 0.3 is 0 Å². The van der Waals surface area contributed by atoms with E-state index in [1.165, 1.54) is 0 Å². The van der Waals surface area contributed by atoms with Crippen LogP contribution in [0.3, 0.4) is 0 Å². The largest absolute Gasteiger partial charge is 0.419 e. The average molecular weight is 397 g/mol. The summed E-state index contributed by atoms with van der Waals surface area (Å²) in [6, 6.07) is 27.5. The third-order valence-electron chi connectivity index (χ3n) is 5.03. The fourth-order valence-electron chi connectivity index (χ4n) is 3.40. The lowest BCUT2D eigenvalue weighted by molar-refractivity contribution is -0.131. The molecule has 0 aliphatic carbocycles. The Balaban J connectivity index is 1.55. The molecule has 30 heavy (non-hydrogen) atoms. The Morgan fingerprint density at radius 2 is 1.43 bits per heavy atom. The van der Waals surface area contributed by atoms with Crippen molar-refractivity contribution in [3.05, 3.63) is 108 Å². The molecule has 0 unspecified atom stereocenters. The molecule has 3 aromatic carbocycles. The first-order chi connectivity index (χ1) is 14.6. The Bertz CT molecular complexity index is 1070.